The van der Waals surface area contributed by atoms with Crippen LogP contribution in [0.3, 0.4) is 0 Å². The molecular weight excluding hydrogens is 188 g/mol. The van der Waals surface area contributed by atoms with Gasteiger partial charge in [-0.15, -0.1) is 0 Å². The lowest BCUT2D eigenvalue weighted by molar-refractivity contribution is 0.167. The van der Waals surface area contributed by atoms with E-state index in [9.17, 15) is 0 Å². The second-order valence-electron chi connectivity index (χ2n) is 4.00. The molecule has 82 valence electrons. The topological polar surface area (TPSA) is 18.5 Å². The van der Waals surface area contributed by atoms with Crippen molar-refractivity contribution in [3.63, 3.8) is 0 Å². The van der Waals surface area contributed by atoms with Crippen molar-refractivity contribution >= 4 is 0 Å². The molecule has 1 aliphatic heterocycles. The van der Waals surface area contributed by atoms with Gasteiger partial charge in [0.2, 0.25) is 0 Å². The zero-order valence-electron chi connectivity index (χ0n) is 9.24. The molecular formula is C13H18O2. The molecule has 1 fully saturated rings. The van der Waals surface area contributed by atoms with Gasteiger partial charge in [-0.1, -0.05) is 25.1 Å². The van der Waals surface area contributed by atoms with Crippen molar-refractivity contribution in [3.8, 4) is 5.75 Å². The maximum Gasteiger partial charge on any atom is 0.122 e. The summed E-state index contributed by atoms with van der Waals surface area (Å²) in [6.07, 6.45) is 2.16. The fourth-order valence-electron chi connectivity index (χ4n) is 1.86. The van der Waals surface area contributed by atoms with Gasteiger partial charge in [-0.2, -0.15) is 0 Å². The standard InChI is InChI=1S/C13H18O2/c1-2-12-5-3-4-6-13(12)15-10-11-7-8-14-9-11/h3-6,11H,2,7-10H2,1H3. The molecule has 0 N–H and O–H groups in total. The molecule has 0 spiro atoms. The first-order valence-electron chi connectivity index (χ1n) is 5.68. The summed E-state index contributed by atoms with van der Waals surface area (Å²) in [5.74, 6) is 1.61. The SMILES string of the molecule is CCc1ccccc1OCC1CCOC1. The van der Waals surface area contributed by atoms with E-state index in [1.807, 2.05) is 6.07 Å². The van der Waals surface area contributed by atoms with Gasteiger partial charge in [-0.25, -0.2) is 0 Å². The first kappa shape index (κ1) is 10.5. The molecule has 2 rings (SSSR count). The van der Waals surface area contributed by atoms with Crippen LogP contribution in [-0.2, 0) is 11.2 Å². The minimum absolute atomic E-state index is 0.579. The van der Waals surface area contributed by atoms with Gasteiger partial charge < -0.3 is 9.47 Å². The molecule has 0 aliphatic carbocycles. The van der Waals surface area contributed by atoms with E-state index >= 15 is 0 Å². The van der Waals surface area contributed by atoms with Crippen LogP contribution in [0.2, 0.25) is 0 Å². The Labute approximate surface area is 91.2 Å². The predicted octanol–water partition coefficient (Wildman–Crippen LogP) is 2.66. The van der Waals surface area contributed by atoms with Crippen LogP contribution >= 0.6 is 0 Å². The van der Waals surface area contributed by atoms with Crippen LogP contribution in [0.15, 0.2) is 24.3 Å². The Bertz CT molecular complexity index is 303. The molecule has 1 unspecified atom stereocenters. The third-order valence-corrected chi connectivity index (χ3v) is 2.85. The van der Waals surface area contributed by atoms with Crippen LogP contribution < -0.4 is 4.74 Å². The fraction of sp³-hybridized carbons (Fsp3) is 0.538. The van der Waals surface area contributed by atoms with Gasteiger partial charge in [-0.05, 0) is 24.5 Å². The van der Waals surface area contributed by atoms with E-state index in [0.717, 1.165) is 38.4 Å². The summed E-state index contributed by atoms with van der Waals surface area (Å²) in [7, 11) is 0. The second kappa shape index (κ2) is 5.17. The molecule has 0 saturated carbocycles. The van der Waals surface area contributed by atoms with Crippen LogP contribution in [0, 0.1) is 5.92 Å². The summed E-state index contributed by atoms with van der Waals surface area (Å²) < 4.78 is 11.2. The average Bonchev–Trinajstić information content (AvgIpc) is 2.79. The number of ether oxygens (including phenoxy) is 2. The van der Waals surface area contributed by atoms with Crippen LogP contribution in [0.25, 0.3) is 0 Å². The molecule has 1 aromatic carbocycles. The van der Waals surface area contributed by atoms with Gasteiger partial charge in [-0.3, -0.25) is 0 Å². The van der Waals surface area contributed by atoms with Crippen molar-refractivity contribution in [2.45, 2.75) is 19.8 Å². The Morgan fingerprint density at radius 3 is 3.00 bits per heavy atom. The molecule has 1 saturated heterocycles. The average molecular weight is 206 g/mol. The Morgan fingerprint density at radius 1 is 1.40 bits per heavy atom. The predicted molar refractivity (Wildman–Crippen MR) is 60.2 cm³/mol. The quantitative estimate of drug-likeness (QED) is 0.754. The van der Waals surface area contributed by atoms with Gasteiger partial charge in [0.1, 0.15) is 5.75 Å². The molecule has 1 aliphatic rings. The smallest absolute Gasteiger partial charge is 0.122 e. The summed E-state index contributed by atoms with van der Waals surface area (Å²) in [6, 6.07) is 8.26. The highest BCUT2D eigenvalue weighted by Crippen LogP contribution is 2.20. The van der Waals surface area contributed by atoms with E-state index in [2.05, 4.69) is 25.1 Å². The first-order chi connectivity index (χ1) is 7.40. The summed E-state index contributed by atoms with van der Waals surface area (Å²) in [4.78, 5) is 0. The normalized spacial score (nSPS) is 20.5. The Balaban J connectivity index is 1.91. The van der Waals surface area contributed by atoms with Crippen LogP contribution in [-0.4, -0.2) is 19.8 Å². The number of hydrogen-bond donors (Lipinski definition) is 0. The van der Waals surface area contributed by atoms with E-state index in [0.29, 0.717) is 5.92 Å². The van der Waals surface area contributed by atoms with Crippen LogP contribution in [0.1, 0.15) is 18.9 Å². The molecule has 1 heterocycles. The molecule has 0 aromatic heterocycles. The van der Waals surface area contributed by atoms with Gasteiger partial charge in [0, 0.05) is 12.5 Å². The fourth-order valence-corrected chi connectivity index (χ4v) is 1.86. The number of aryl methyl sites for hydroxylation is 1. The maximum atomic E-state index is 5.83. The summed E-state index contributed by atoms with van der Waals surface area (Å²) in [5.41, 5.74) is 1.29. The summed E-state index contributed by atoms with van der Waals surface area (Å²) >= 11 is 0. The van der Waals surface area contributed by atoms with Crippen molar-refractivity contribution in [3.05, 3.63) is 29.8 Å². The van der Waals surface area contributed by atoms with Crippen LogP contribution in [0.5, 0.6) is 5.75 Å². The van der Waals surface area contributed by atoms with Gasteiger partial charge in [0.15, 0.2) is 0 Å². The molecule has 0 bridgehead atoms. The Kier molecular flexibility index (Phi) is 3.62. The van der Waals surface area contributed by atoms with Gasteiger partial charge in [0.25, 0.3) is 0 Å². The minimum atomic E-state index is 0.579. The highest BCUT2D eigenvalue weighted by Gasteiger charge is 2.16. The largest absolute Gasteiger partial charge is 0.493 e. The van der Waals surface area contributed by atoms with E-state index in [1.165, 1.54) is 5.56 Å². The van der Waals surface area contributed by atoms with Gasteiger partial charge >= 0.3 is 0 Å². The minimum Gasteiger partial charge on any atom is -0.493 e. The second-order valence-corrected chi connectivity index (χ2v) is 4.00. The monoisotopic (exact) mass is 206 g/mol. The zero-order valence-corrected chi connectivity index (χ0v) is 9.24. The van der Waals surface area contributed by atoms with Crippen LogP contribution in [0.4, 0.5) is 0 Å². The lowest BCUT2D eigenvalue weighted by Gasteiger charge is -2.12. The maximum absolute atomic E-state index is 5.83. The van der Waals surface area contributed by atoms with E-state index in [-0.39, 0.29) is 0 Å². The zero-order chi connectivity index (χ0) is 10.5. The van der Waals surface area contributed by atoms with Crippen molar-refractivity contribution in [1.29, 1.82) is 0 Å². The van der Waals surface area contributed by atoms with E-state index < -0.39 is 0 Å². The summed E-state index contributed by atoms with van der Waals surface area (Å²) in [6.45, 7) is 4.69. The molecule has 1 atom stereocenters. The number of hydrogen-bond acceptors (Lipinski definition) is 2. The first-order valence-corrected chi connectivity index (χ1v) is 5.68. The van der Waals surface area contributed by atoms with Crippen molar-refractivity contribution in [1.82, 2.24) is 0 Å². The molecule has 0 amide bonds. The van der Waals surface area contributed by atoms with E-state index in [4.69, 9.17) is 9.47 Å². The lowest BCUT2D eigenvalue weighted by atomic mass is 10.1. The molecule has 2 nitrogen and oxygen atoms in total. The van der Waals surface area contributed by atoms with Gasteiger partial charge in [0.05, 0.1) is 13.2 Å². The highest BCUT2D eigenvalue weighted by molar-refractivity contribution is 5.33. The van der Waals surface area contributed by atoms with Crippen molar-refractivity contribution < 1.29 is 9.47 Å². The Morgan fingerprint density at radius 2 is 2.27 bits per heavy atom. The molecule has 1 aromatic rings. The Hall–Kier alpha value is -1.02. The third-order valence-electron chi connectivity index (χ3n) is 2.85. The lowest BCUT2D eigenvalue weighted by Crippen LogP contribution is -2.12. The third kappa shape index (κ3) is 2.72. The highest BCUT2D eigenvalue weighted by atomic mass is 16.5. The number of benzene rings is 1. The van der Waals surface area contributed by atoms with E-state index in [1.54, 1.807) is 0 Å². The number of rotatable bonds is 4. The number of para-hydroxylation sites is 1. The summed E-state index contributed by atoms with van der Waals surface area (Å²) in [5, 5.41) is 0. The van der Waals surface area contributed by atoms with Crippen molar-refractivity contribution in [2.24, 2.45) is 5.92 Å². The van der Waals surface area contributed by atoms with Crippen molar-refractivity contribution in [2.75, 3.05) is 19.8 Å². The molecule has 15 heavy (non-hydrogen) atoms. The molecule has 0 radical (unpaired) electrons. The molecule has 2 heteroatoms.